The third-order valence-corrected chi connectivity index (χ3v) is 11.6. The van der Waals surface area contributed by atoms with E-state index in [1.54, 1.807) is 11.3 Å². The van der Waals surface area contributed by atoms with Crippen LogP contribution in [0.2, 0.25) is 0 Å². The molecule has 9 aromatic rings. The van der Waals surface area contributed by atoms with Crippen molar-refractivity contribution in [1.82, 2.24) is 4.57 Å². The Morgan fingerprint density at radius 2 is 1.23 bits per heavy atom. The van der Waals surface area contributed by atoms with E-state index < -0.39 is 0 Å². The second-order valence-electron chi connectivity index (χ2n) is 11.6. The van der Waals surface area contributed by atoms with Crippen LogP contribution in [-0.4, -0.2) is 4.57 Å². The van der Waals surface area contributed by atoms with Gasteiger partial charge in [-0.2, -0.15) is 0 Å². The summed E-state index contributed by atoms with van der Waals surface area (Å²) in [5.41, 5.74) is 9.21. The Morgan fingerprint density at radius 1 is 0.512 bits per heavy atom. The Labute approximate surface area is 254 Å². The predicted molar refractivity (Wildman–Crippen MR) is 185 cm³/mol. The molecule has 0 bridgehead atoms. The Balaban J connectivity index is 1.25. The third kappa shape index (κ3) is 3.25. The van der Waals surface area contributed by atoms with E-state index in [2.05, 4.69) is 102 Å². The SMILES string of the molecule is O=c1c2ccccc2sc2cc3c(cc12)Cc1c(cccc1-n1c2ccccc2c2ccc4c5ccccc5sc4c21)C3. The minimum absolute atomic E-state index is 0.140. The summed E-state index contributed by atoms with van der Waals surface area (Å²) in [5.74, 6) is 0. The van der Waals surface area contributed by atoms with E-state index in [4.69, 9.17) is 0 Å². The highest BCUT2D eigenvalue weighted by Crippen LogP contribution is 2.44. The Morgan fingerprint density at radius 3 is 2.12 bits per heavy atom. The fourth-order valence-electron chi connectivity index (χ4n) is 7.34. The first-order chi connectivity index (χ1) is 21.2. The van der Waals surface area contributed by atoms with Crippen LogP contribution < -0.4 is 5.43 Å². The van der Waals surface area contributed by atoms with Crippen LogP contribution in [0.4, 0.5) is 0 Å². The van der Waals surface area contributed by atoms with Crippen molar-refractivity contribution in [1.29, 1.82) is 0 Å². The molecule has 0 radical (unpaired) electrons. The Kier molecular flexibility index (Phi) is 4.77. The molecule has 0 aliphatic heterocycles. The minimum atomic E-state index is 0.140. The molecule has 0 saturated carbocycles. The van der Waals surface area contributed by atoms with Crippen LogP contribution >= 0.6 is 22.7 Å². The van der Waals surface area contributed by atoms with Gasteiger partial charge in [0.05, 0.1) is 21.4 Å². The van der Waals surface area contributed by atoms with Gasteiger partial charge in [-0.25, -0.2) is 0 Å². The number of nitrogens with zero attached hydrogens (tertiary/aromatic N) is 1. The lowest BCUT2D eigenvalue weighted by molar-refractivity contribution is 0.980. The zero-order valence-electron chi connectivity index (χ0n) is 23.1. The first-order valence-corrected chi connectivity index (χ1v) is 16.3. The number of benzene rings is 6. The minimum Gasteiger partial charge on any atom is -0.307 e. The maximum atomic E-state index is 13.6. The van der Waals surface area contributed by atoms with E-state index in [0.717, 1.165) is 33.0 Å². The average molecular weight is 586 g/mol. The molecule has 202 valence electrons. The highest BCUT2D eigenvalue weighted by atomic mass is 32.1. The van der Waals surface area contributed by atoms with Gasteiger partial charge in [0.25, 0.3) is 0 Å². The quantitative estimate of drug-likeness (QED) is 0.176. The lowest BCUT2D eigenvalue weighted by atomic mass is 9.84. The number of aromatic nitrogens is 1. The monoisotopic (exact) mass is 585 g/mol. The molecule has 3 heterocycles. The molecule has 1 aliphatic carbocycles. The highest BCUT2D eigenvalue weighted by Gasteiger charge is 2.24. The molecule has 0 saturated heterocycles. The molecule has 0 fully saturated rings. The van der Waals surface area contributed by atoms with E-state index >= 15 is 0 Å². The van der Waals surface area contributed by atoms with Gasteiger partial charge < -0.3 is 4.57 Å². The molecule has 4 heteroatoms. The van der Waals surface area contributed by atoms with E-state index in [9.17, 15) is 4.79 Å². The number of para-hydroxylation sites is 1. The summed E-state index contributed by atoms with van der Waals surface area (Å²) in [6.45, 7) is 0. The van der Waals surface area contributed by atoms with Gasteiger partial charge in [0, 0.05) is 52.8 Å². The van der Waals surface area contributed by atoms with Gasteiger partial charge in [0.1, 0.15) is 0 Å². The zero-order chi connectivity index (χ0) is 28.2. The smallest absolute Gasteiger partial charge is 0.195 e. The van der Waals surface area contributed by atoms with Gasteiger partial charge >= 0.3 is 0 Å². The largest absolute Gasteiger partial charge is 0.307 e. The van der Waals surface area contributed by atoms with Gasteiger partial charge in [0.2, 0.25) is 0 Å². The molecule has 6 aromatic carbocycles. The first kappa shape index (κ1) is 23.8. The molecule has 1 aliphatic rings. The normalized spacial score (nSPS) is 13.0. The van der Waals surface area contributed by atoms with Gasteiger partial charge in [-0.3, -0.25) is 4.79 Å². The second kappa shape index (κ2) is 8.63. The maximum Gasteiger partial charge on any atom is 0.195 e. The molecular weight excluding hydrogens is 563 g/mol. The molecule has 0 amide bonds. The van der Waals surface area contributed by atoms with E-state index in [-0.39, 0.29) is 5.43 Å². The lowest BCUT2D eigenvalue weighted by Gasteiger charge is -2.24. The molecule has 43 heavy (non-hydrogen) atoms. The van der Waals surface area contributed by atoms with Crippen LogP contribution in [0.25, 0.3) is 67.8 Å². The topological polar surface area (TPSA) is 22.0 Å². The molecule has 0 N–H and O–H groups in total. The molecular formula is C39H23NOS2. The standard InChI is InChI=1S/C39H23NOS2/c41-38-29-11-3-6-15-35(29)42-36-21-23-18-22-8-7-13-33(30(22)19-24(23)20-31(36)38)40-32-12-4-1-9-25(32)27-16-17-28-26-10-2-5-14-34(26)43-39(28)37(27)40/h1-17,20-21H,18-19H2. The summed E-state index contributed by atoms with van der Waals surface area (Å²) in [4.78, 5) is 13.6. The van der Waals surface area contributed by atoms with Crippen molar-refractivity contribution in [2.24, 2.45) is 0 Å². The summed E-state index contributed by atoms with van der Waals surface area (Å²) in [6, 6.07) is 41.4. The third-order valence-electron chi connectivity index (χ3n) is 9.31. The van der Waals surface area contributed by atoms with Gasteiger partial charge in [-0.1, -0.05) is 72.8 Å². The second-order valence-corrected chi connectivity index (χ2v) is 13.7. The number of thiophene rings is 1. The summed E-state index contributed by atoms with van der Waals surface area (Å²) < 4.78 is 7.30. The van der Waals surface area contributed by atoms with Crippen molar-refractivity contribution < 1.29 is 0 Å². The van der Waals surface area contributed by atoms with Crippen molar-refractivity contribution in [3.05, 3.63) is 148 Å². The van der Waals surface area contributed by atoms with E-state index in [1.807, 2.05) is 29.5 Å². The van der Waals surface area contributed by atoms with Crippen molar-refractivity contribution in [3.63, 3.8) is 0 Å². The van der Waals surface area contributed by atoms with Crippen LogP contribution in [-0.2, 0) is 12.8 Å². The number of fused-ring (bicyclic) bond motifs is 11. The number of hydrogen-bond donors (Lipinski definition) is 0. The Bertz CT molecular complexity index is 2710. The van der Waals surface area contributed by atoms with Crippen LogP contribution in [0.5, 0.6) is 0 Å². The molecule has 0 unspecified atom stereocenters. The van der Waals surface area contributed by atoms with Crippen molar-refractivity contribution >= 4 is 84.8 Å². The average Bonchev–Trinajstić information content (AvgIpc) is 3.59. The fourth-order valence-corrected chi connectivity index (χ4v) is 9.70. The van der Waals surface area contributed by atoms with Crippen molar-refractivity contribution in [2.75, 3.05) is 0 Å². The van der Waals surface area contributed by atoms with Gasteiger partial charge in [0.15, 0.2) is 5.43 Å². The van der Waals surface area contributed by atoms with Gasteiger partial charge in [-0.15, -0.1) is 22.7 Å². The maximum absolute atomic E-state index is 13.6. The van der Waals surface area contributed by atoms with E-state index in [1.165, 1.54) is 69.9 Å². The van der Waals surface area contributed by atoms with Crippen LogP contribution in [0.15, 0.2) is 120 Å². The number of rotatable bonds is 1. The molecule has 10 rings (SSSR count). The van der Waals surface area contributed by atoms with Crippen molar-refractivity contribution in [3.8, 4) is 5.69 Å². The fraction of sp³-hybridized carbons (Fsp3) is 0.0513. The Hall–Kier alpha value is -4.77. The highest BCUT2D eigenvalue weighted by molar-refractivity contribution is 7.26. The van der Waals surface area contributed by atoms with Crippen LogP contribution in [0.3, 0.4) is 0 Å². The molecule has 0 atom stereocenters. The molecule has 0 spiro atoms. The van der Waals surface area contributed by atoms with Crippen LogP contribution in [0, 0.1) is 0 Å². The first-order valence-electron chi connectivity index (χ1n) is 14.6. The van der Waals surface area contributed by atoms with Gasteiger partial charge in [-0.05, 0) is 71.1 Å². The lowest BCUT2D eigenvalue weighted by Crippen LogP contribution is -2.12. The zero-order valence-corrected chi connectivity index (χ0v) is 24.7. The van der Waals surface area contributed by atoms with E-state index in [0.29, 0.717) is 0 Å². The summed E-state index contributed by atoms with van der Waals surface area (Å²) >= 11 is 3.61. The summed E-state index contributed by atoms with van der Waals surface area (Å²) in [5, 5.41) is 6.86. The molecule has 3 aromatic heterocycles. The summed E-state index contributed by atoms with van der Waals surface area (Å²) in [6.07, 6.45) is 1.68. The van der Waals surface area contributed by atoms with Crippen LogP contribution in [0.1, 0.15) is 22.3 Å². The number of hydrogen-bond acceptors (Lipinski definition) is 3. The van der Waals surface area contributed by atoms with Crippen molar-refractivity contribution in [2.45, 2.75) is 12.8 Å². The summed E-state index contributed by atoms with van der Waals surface area (Å²) in [7, 11) is 0. The predicted octanol–water partition coefficient (Wildman–Crippen LogP) is 10.4. The molecule has 2 nitrogen and oxygen atoms in total.